The molecule has 2 rings (SSSR count). The van der Waals surface area contributed by atoms with Crippen LogP contribution in [0.25, 0.3) is 0 Å². The fraction of sp³-hybridized carbons (Fsp3) is 0.636. The predicted octanol–water partition coefficient (Wildman–Crippen LogP) is 1.39. The summed E-state index contributed by atoms with van der Waals surface area (Å²) in [7, 11) is 1.76. The van der Waals surface area contributed by atoms with Crippen molar-refractivity contribution in [2.75, 3.05) is 23.3 Å². The molecule has 0 N–H and O–H groups in total. The molecule has 1 aromatic heterocycles. The second-order valence-electron chi connectivity index (χ2n) is 4.25. The first kappa shape index (κ1) is 11.6. The van der Waals surface area contributed by atoms with Crippen molar-refractivity contribution >= 4 is 21.7 Å². The van der Waals surface area contributed by atoms with Crippen molar-refractivity contribution in [1.29, 1.82) is 0 Å². The molecular formula is C11H16BrN3O. The normalized spacial score (nSPS) is 20.4. The van der Waals surface area contributed by atoms with Gasteiger partial charge in [0.25, 0.3) is 5.56 Å². The lowest BCUT2D eigenvalue weighted by Crippen LogP contribution is -2.30. The number of aryl methyl sites for hydroxylation is 1. The van der Waals surface area contributed by atoms with Gasteiger partial charge in [-0.25, -0.2) is 4.98 Å². The van der Waals surface area contributed by atoms with Crippen molar-refractivity contribution in [3.8, 4) is 0 Å². The van der Waals surface area contributed by atoms with E-state index in [1.165, 1.54) is 6.42 Å². The van der Waals surface area contributed by atoms with E-state index in [4.69, 9.17) is 0 Å². The molecule has 4 nitrogen and oxygen atoms in total. The number of nitrogens with zero attached hydrogens (tertiary/aromatic N) is 3. The molecule has 1 fully saturated rings. The van der Waals surface area contributed by atoms with Crippen molar-refractivity contribution in [2.45, 2.75) is 12.8 Å². The molecular weight excluding hydrogens is 270 g/mol. The van der Waals surface area contributed by atoms with Crippen LogP contribution in [-0.4, -0.2) is 28.0 Å². The van der Waals surface area contributed by atoms with Gasteiger partial charge in [-0.15, -0.1) is 0 Å². The lowest BCUT2D eigenvalue weighted by Gasteiger charge is -2.16. The van der Waals surface area contributed by atoms with Crippen LogP contribution in [0.1, 0.15) is 12.8 Å². The monoisotopic (exact) mass is 285 g/mol. The maximum Gasteiger partial charge on any atom is 0.293 e. The number of alkyl halides is 1. The van der Waals surface area contributed by atoms with Crippen LogP contribution in [-0.2, 0) is 7.05 Å². The van der Waals surface area contributed by atoms with E-state index in [0.29, 0.717) is 11.7 Å². The first-order chi connectivity index (χ1) is 7.72. The highest BCUT2D eigenvalue weighted by Crippen LogP contribution is 2.22. The standard InChI is InChI=1S/C11H16BrN3O/c1-14-7-5-13-10(11(14)16)15-6-3-9(8-15)2-4-12/h5,7,9H,2-4,6,8H2,1H3. The molecule has 0 spiro atoms. The molecule has 1 unspecified atom stereocenters. The van der Waals surface area contributed by atoms with Gasteiger partial charge in [-0.3, -0.25) is 4.79 Å². The van der Waals surface area contributed by atoms with Crippen LogP contribution in [0, 0.1) is 5.92 Å². The fourth-order valence-corrected chi connectivity index (χ4v) is 2.76. The Morgan fingerprint density at radius 2 is 2.44 bits per heavy atom. The van der Waals surface area contributed by atoms with E-state index >= 15 is 0 Å². The van der Waals surface area contributed by atoms with Crippen LogP contribution in [0.2, 0.25) is 0 Å². The molecule has 1 aliphatic heterocycles. The summed E-state index contributed by atoms with van der Waals surface area (Å²) in [6.07, 6.45) is 5.71. The molecule has 2 heterocycles. The third kappa shape index (κ3) is 2.29. The Labute approximate surface area is 103 Å². The predicted molar refractivity (Wildman–Crippen MR) is 68.2 cm³/mol. The van der Waals surface area contributed by atoms with Crippen LogP contribution in [0.15, 0.2) is 17.2 Å². The van der Waals surface area contributed by atoms with E-state index in [2.05, 4.69) is 25.8 Å². The van der Waals surface area contributed by atoms with Gasteiger partial charge in [-0.2, -0.15) is 0 Å². The molecule has 0 aliphatic carbocycles. The Bertz CT molecular complexity index is 418. The highest BCUT2D eigenvalue weighted by molar-refractivity contribution is 9.09. The van der Waals surface area contributed by atoms with E-state index in [1.54, 1.807) is 24.0 Å². The van der Waals surface area contributed by atoms with Gasteiger partial charge in [0, 0.05) is 37.9 Å². The van der Waals surface area contributed by atoms with E-state index < -0.39 is 0 Å². The number of anilines is 1. The minimum absolute atomic E-state index is 0.00184. The van der Waals surface area contributed by atoms with Crippen molar-refractivity contribution < 1.29 is 0 Å². The molecule has 1 aliphatic rings. The smallest absolute Gasteiger partial charge is 0.293 e. The maximum atomic E-state index is 11.9. The Kier molecular flexibility index (Phi) is 3.63. The zero-order chi connectivity index (χ0) is 11.5. The van der Waals surface area contributed by atoms with E-state index in [9.17, 15) is 4.79 Å². The quantitative estimate of drug-likeness (QED) is 0.788. The molecule has 5 heteroatoms. The molecule has 0 aromatic carbocycles. The highest BCUT2D eigenvalue weighted by Gasteiger charge is 2.24. The van der Waals surface area contributed by atoms with Gasteiger partial charge in [-0.05, 0) is 18.8 Å². The van der Waals surface area contributed by atoms with Crippen LogP contribution in [0.5, 0.6) is 0 Å². The van der Waals surface area contributed by atoms with E-state index in [-0.39, 0.29) is 5.56 Å². The Morgan fingerprint density at radius 1 is 1.62 bits per heavy atom. The number of aromatic nitrogens is 2. The van der Waals surface area contributed by atoms with Gasteiger partial charge in [-0.1, -0.05) is 15.9 Å². The minimum atomic E-state index is 0.00184. The van der Waals surface area contributed by atoms with Gasteiger partial charge in [0.2, 0.25) is 0 Å². The van der Waals surface area contributed by atoms with Crippen LogP contribution in [0.3, 0.4) is 0 Å². The van der Waals surface area contributed by atoms with Gasteiger partial charge >= 0.3 is 0 Å². The molecule has 0 amide bonds. The van der Waals surface area contributed by atoms with Crippen molar-refractivity contribution in [1.82, 2.24) is 9.55 Å². The van der Waals surface area contributed by atoms with Gasteiger partial charge in [0.15, 0.2) is 5.82 Å². The van der Waals surface area contributed by atoms with Gasteiger partial charge in [0.1, 0.15) is 0 Å². The first-order valence-corrected chi connectivity index (χ1v) is 6.67. The summed E-state index contributed by atoms with van der Waals surface area (Å²) in [4.78, 5) is 18.2. The Balaban J connectivity index is 2.15. The minimum Gasteiger partial charge on any atom is -0.352 e. The number of hydrogen-bond donors (Lipinski definition) is 0. The fourth-order valence-electron chi connectivity index (χ4n) is 2.12. The summed E-state index contributed by atoms with van der Waals surface area (Å²) < 4.78 is 1.58. The molecule has 1 aromatic rings. The lowest BCUT2D eigenvalue weighted by atomic mass is 10.1. The topological polar surface area (TPSA) is 38.1 Å². The third-order valence-electron chi connectivity index (χ3n) is 3.10. The summed E-state index contributed by atoms with van der Waals surface area (Å²) in [5.74, 6) is 1.29. The van der Waals surface area contributed by atoms with Crippen molar-refractivity contribution in [2.24, 2.45) is 13.0 Å². The molecule has 16 heavy (non-hydrogen) atoms. The summed E-state index contributed by atoms with van der Waals surface area (Å²) in [5, 5.41) is 1.03. The molecule has 88 valence electrons. The van der Waals surface area contributed by atoms with E-state index in [0.717, 1.165) is 24.8 Å². The second kappa shape index (κ2) is 4.99. The van der Waals surface area contributed by atoms with Crippen LogP contribution >= 0.6 is 15.9 Å². The van der Waals surface area contributed by atoms with E-state index in [1.807, 2.05) is 0 Å². The molecule has 0 bridgehead atoms. The van der Waals surface area contributed by atoms with Crippen LogP contribution in [0.4, 0.5) is 5.82 Å². The number of rotatable bonds is 3. The van der Waals surface area contributed by atoms with Crippen LogP contribution < -0.4 is 10.5 Å². The zero-order valence-electron chi connectivity index (χ0n) is 9.40. The lowest BCUT2D eigenvalue weighted by molar-refractivity contribution is 0.575. The Hall–Kier alpha value is -0.840. The van der Waals surface area contributed by atoms with Crippen molar-refractivity contribution in [3.63, 3.8) is 0 Å². The average Bonchev–Trinajstić information content (AvgIpc) is 2.71. The summed E-state index contributed by atoms with van der Waals surface area (Å²) in [6.45, 7) is 1.90. The van der Waals surface area contributed by atoms with Gasteiger partial charge in [0.05, 0.1) is 0 Å². The summed E-state index contributed by atoms with van der Waals surface area (Å²) in [6, 6.07) is 0. The largest absolute Gasteiger partial charge is 0.352 e. The maximum absolute atomic E-state index is 11.9. The molecule has 0 radical (unpaired) electrons. The SMILES string of the molecule is Cn1ccnc(N2CCC(CCBr)C2)c1=O. The van der Waals surface area contributed by atoms with Crippen molar-refractivity contribution in [3.05, 3.63) is 22.7 Å². The second-order valence-corrected chi connectivity index (χ2v) is 5.04. The summed E-state index contributed by atoms with van der Waals surface area (Å²) >= 11 is 3.46. The summed E-state index contributed by atoms with van der Waals surface area (Å²) in [5.41, 5.74) is 0.00184. The highest BCUT2D eigenvalue weighted by atomic mass is 79.9. The third-order valence-corrected chi connectivity index (χ3v) is 3.56. The van der Waals surface area contributed by atoms with Gasteiger partial charge < -0.3 is 9.47 Å². The number of hydrogen-bond acceptors (Lipinski definition) is 3. The average molecular weight is 286 g/mol. The zero-order valence-corrected chi connectivity index (χ0v) is 11.0. The Morgan fingerprint density at radius 3 is 3.19 bits per heavy atom. The molecule has 0 saturated carbocycles. The number of halogens is 1. The first-order valence-electron chi connectivity index (χ1n) is 5.55. The molecule has 1 atom stereocenters. The molecule has 1 saturated heterocycles.